The van der Waals surface area contributed by atoms with Gasteiger partial charge in [-0.25, -0.2) is 0 Å². The van der Waals surface area contributed by atoms with Crippen LogP contribution in [0.25, 0.3) is 0 Å². The molecule has 0 heterocycles. The molecule has 0 amide bonds. The SMILES string of the molecule is CCCCCCCCCCCCCCCCC(C(=O)O)(C(C)(C)C)C(C)(C)C. The molecule has 168 valence electrons. The van der Waals surface area contributed by atoms with Crippen LogP contribution in [0.15, 0.2) is 0 Å². The van der Waals surface area contributed by atoms with E-state index in [4.69, 9.17) is 0 Å². The molecule has 0 spiro atoms. The maximum atomic E-state index is 12.3. The molecule has 0 saturated heterocycles. The zero-order valence-corrected chi connectivity index (χ0v) is 20.5. The highest BCUT2D eigenvalue weighted by Gasteiger charge is 2.55. The summed E-state index contributed by atoms with van der Waals surface area (Å²) in [4.78, 5) is 12.3. The summed E-state index contributed by atoms with van der Waals surface area (Å²) in [7, 11) is 0. The lowest BCUT2D eigenvalue weighted by Gasteiger charge is -2.50. The summed E-state index contributed by atoms with van der Waals surface area (Å²) >= 11 is 0. The fourth-order valence-corrected chi connectivity index (χ4v) is 5.21. The number of carboxylic acids is 1. The Kier molecular flexibility index (Phi) is 13.4. The number of hydrogen-bond donors (Lipinski definition) is 1. The standard InChI is InChI=1S/C26H52O2/c1-8-9-10-11-12-13-14-15-16-17-18-19-20-21-22-26(23(27)28,24(2,3)4)25(5,6)7/h8-22H2,1-7H3,(H,27,28). The molecule has 0 aromatic heterocycles. The van der Waals surface area contributed by atoms with E-state index in [2.05, 4.69) is 48.5 Å². The van der Waals surface area contributed by atoms with Crippen LogP contribution in [-0.4, -0.2) is 11.1 Å². The Morgan fingerprint density at radius 2 is 0.857 bits per heavy atom. The third-order valence-corrected chi connectivity index (χ3v) is 6.83. The molecule has 0 aliphatic rings. The van der Waals surface area contributed by atoms with Gasteiger partial charge < -0.3 is 5.11 Å². The van der Waals surface area contributed by atoms with Crippen molar-refractivity contribution in [3.63, 3.8) is 0 Å². The van der Waals surface area contributed by atoms with Gasteiger partial charge in [0.25, 0.3) is 0 Å². The van der Waals surface area contributed by atoms with E-state index >= 15 is 0 Å². The number of aliphatic carboxylic acids is 1. The highest BCUT2D eigenvalue weighted by molar-refractivity contribution is 5.76. The van der Waals surface area contributed by atoms with Crippen molar-refractivity contribution in [1.82, 2.24) is 0 Å². The predicted molar refractivity (Wildman–Crippen MR) is 124 cm³/mol. The van der Waals surface area contributed by atoms with Crippen LogP contribution in [0.1, 0.15) is 145 Å². The molecule has 0 rings (SSSR count). The molecule has 0 saturated carbocycles. The zero-order valence-electron chi connectivity index (χ0n) is 20.5. The minimum atomic E-state index is -0.670. The van der Waals surface area contributed by atoms with Crippen LogP contribution in [0.2, 0.25) is 0 Å². The quantitative estimate of drug-likeness (QED) is 0.264. The largest absolute Gasteiger partial charge is 0.481 e. The van der Waals surface area contributed by atoms with Gasteiger partial charge in [0, 0.05) is 0 Å². The lowest BCUT2D eigenvalue weighted by atomic mass is 9.52. The molecule has 28 heavy (non-hydrogen) atoms. The first-order valence-corrected chi connectivity index (χ1v) is 12.2. The molecule has 0 aliphatic heterocycles. The van der Waals surface area contributed by atoms with Gasteiger partial charge in [-0.2, -0.15) is 0 Å². The fraction of sp³-hybridized carbons (Fsp3) is 0.962. The number of hydrogen-bond acceptors (Lipinski definition) is 1. The topological polar surface area (TPSA) is 37.3 Å². The predicted octanol–water partition coefficient (Wildman–Crippen LogP) is 9.02. The van der Waals surface area contributed by atoms with E-state index in [1.165, 1.54) is 83.5 Å². The molecule has 0 atom stereocenters. The van der Waals surface area contributed by atoms with Crippen LogP contribution in [-0.2, 0) is 4.79 Å². The lowest BCUT2D eigenvalue weighted by Crippen LogP contribution is -2.52. The Labute approximate surface area is 177 Å². The third kappa shape index (κ3) is 9.31. The molecule has 1 N–H and O–H groups in total. The van der Waals surface area contributed by atoms with Crippen molar-refractivity contribution in [1.29, 1.82) is 0 Å². The average Bonchev–Trinajstić information content (AvgIpc) is 2.55. The molecular formula is C26H52O2. The molecular weight excluding hydrogens is 344 g/mol. The Morgan fingerprint density at radius 1 is 0.571 bits per heavy atom. The van der Waals surface area contributed by atoms with Crippen molar-refractivity contribution in [2.24, 2.45) is 16.2 Å². The molecule has 0 fully saturated rings. The van der Waals surface area contributed by atoms with Crippen LogP contribution in [0.4, 0.5) is 0 Å². The van der Waals surface area contributed by atoms with E-state index in [-0.39, 0.29) is 10.8 Å². The van der Waals surface area contributed by atoms with Crippen LogP contribution in [0.3, 0.4) is 0 Å². The summed E-state index contributed by atoms with van der Waals surface area (Å²) in [6, 6.07) is 0. The Bertz CT molecular complexity index is 384. The lowest BCUT2D eigenvalue weighted by molar-refractivity contribution is -0.170. The van der Waals surface area contributed by atoms with Crippen molar-refractivity contribution >= 4 is 5.97 Å². The minimum absolute atomic E-state index is 0.242. The summed E-state index contributed by atoms with van der Waals surface area (Å²) < 4.78 is 0. The highest BCUT2D eigenvalue weighted by Crippen LogP contribution is 2.55. The van der Waals surface area contributed by atoms with Gasteiger partial charge in [-0.3, -0.25) is 4.79 Å². The van der Waals surface area contributed by atoms with Gasteiger partial charge in [0.1, 0.15) is 0 Å². The molecule has 0 aromatic rings. The van der Waals surface area contributed by atoms with E-state index in [1.807, 2.05) is 0 Å². The molecule has 0 bridgehead atoms. The maximum Gasteiger partial charge on any atom is 0.310 e. The summed E-state index contributed by atoms with van der Waals surface area (Å²) in [6.45, 7) is 14.8. The smallest absolute Gasteiger partial charge is 0.310 e. The van der Waals surface area contributed by atoms with Crippen LogP contribution >= 0.6 is 0 Å². The maximum absolute atomic E-state index is 12.3. The van der Waals surface area contributed by atoms with Crippen molar-refractivity contribution in [2.75, 3.05) is 0 Å². The second-order valence-corrected chi connectivity index (χ2v) is 11.1. The Hall–Kier alpha value is -0.530. The summed E-state index contributed by atoms with van der Waals surface area (Å²) in [5.41, 5.74) is -1.15. The van der Waals surface area contributed by atoms with E-state index < -0.39 is 11.4 Å². The fourth-order valence-electron chi connectivity index (χ4n) is 5.21. The first kappa shape index (κ1) is 27.5. The molecule has 2 nitrogen and oxygen atoms in total. The van der Waals surface area contributed by atoms with E-state index in [0.29, 0.717) is 0 Å². The van der Waals surface area contributed by atoms with Gasteiger partial charge in [-0.05, 0) is 17.3 Å². The molecule has 0 aliphatic carbocycles. The third-order valence-electron chi connectivity index (χ3n) is 6.83. The zero-order chi connectivity index (χ0) is 21.7. The normalized spacial score (nSPS) is 13.1. The first-order chi connectivity index (χ1) is 13.0. The van der Waals surface area contributed by atoms with E-state index in [9.17, 15) is 9.90 Å². The number of carboxylic acid groups (broad SMARTS) is 1. The second-order valence-electron chi connectivity index (χ2n) is 11.1. The second kappa shape index (κ2) is 13.6. The number of carbonyl (C=O) groups is 1. The van der Waals surface area contributed by atoms with Crippen molar-refractivity contribution < 1.29 is 9.90 Å². The van der Waals surface area contributed by atoms with Gasteiger partial charge in [0.15, 0.2) is 0 Å². The van der Waals surface area contributed by atoms with Crippen molar-refractivity contribution in [3.05, 3.63) is 0 Å². The monoisotopic (exact) mass is 396 g/mol. The van der Waals surface area contributed by atoms with Crippen LogP contribution < -0.4 is 0 Å². The molecule has 0 radical (unpaired) electrons. The summed E-state index contributed by atoms with van der Waals surface area (Å²) in [6.07, 6.45) is 19.5. The average molecular weight is 397 g/mol. The Balaban J connectivity index is 3.95. The van der Waals surface area contributed by atoms with Gasteiger partial charge in [0.05, 0.1) is 5.41 Å². The Morgan fingerprint density at radius 3 is 1.11 bits per heavy atom. The van der Waals surface area contributed by atoms with Crippen molar-refractivity contribution in [2.45, 2.75) is 145 Å². The van der Waals surface area contributed by atoms with Crippen LogP contribution in [0.5, 0.6) is 0 Å². The van der Waals surface area contributed by atoms with E-state index in [0.717, 1.165) is 12.8 Å². The first-order valence-electron chi connectivity index (χ1n) is 12.2. The van der Waals surface area contributed by atoms with Gasteiger partial charge in [-0.15, -0.1) is 0 Å². The minimum Gasteiger partial charge on any atom is -0.481 e. The van der Waals surface area contributed by atoms with Gasteiger partial charge in [0.2, 0.25) is 0 Å². The summed E-state index contributed by atoms with van der Waals surface area (Å²) in [5, 5.41) is 10.1. The molecule has 2 heteroatoms. The molecule has 0 aromatic carbocycles. The van der Waals surface area contributed by atoms with Gasteiger partial charge >= 0.3 is 5.97 Å². The van der Waals surface area contributed by atoms with Crippen molar-refractivity contribution in [3.8, 4) is 0 Å². The molecule has 0 unspecified atom stereocenters. The van der Waals surface area contributed by atoms with Gasteiger partial charge in [-0.1, -0.05) is 138 Å². The van der Waals surface area contributed by atoms with E-state index in [1.54, 1.807) is 0 Å². The van der Waals surface area contributed by atoms with Crippen LogP contribution in [0, 0.1) is 16.2 Å². The number of rotatable bonds is 16. The summed E-state index contributed by atoms with van der Waals surface area (Å²) in [5.74, 6) is -0.623. The highest BCUT2D eigenvalue weighted by atomic mass is 16.4. The number of unbranched alkanes of at least 4 members (excludes halogenated alkanes) is 13.